The lowest BCUT2D eigenvalue weighted by molar-refractivity contribution is 0.0991. The molecule has 2 unspecified atom stereocenters. The molecule has 2 atom stereocenters. The van der Waals surface area contributed by atoms with Gasteiger partial charge in [0.05, 0.1) is 6.10 Å². The van der Waals surface area contributed by atoms with Gasteiger partial charge in [0.15, 0.2) is 0 Å². The van der Waals surface area contributed by atoms with E-state index in [0.717, 1.165) is 32.2 Å². The third-order valence-corrected chi connectivity index (χ3v) is 3.93. The standard InChI is InChI=1S/C13H24N2O2/c1-10(16)9-12-7-2-3-8-15(12)13(17)14-11-5-4-6-11/h10-12,16H,2-9H2,1H3,(H,14,17). The zero-order chi connectivity index (χ0) is 12.3. The van der Waals surface area contributed by atoms with E-state index >= 15 is 0 Å². The van der Waals surface area contributed by atoms with E-state index in [-0.39, 0.29) is 18.2 Å². The van der Waals surface area contributed by atoms with E-state index in [1.54, 1.807) is 6.92 Å². The van der Waals surface area contributed by atoms with Crippen molar-refractivity contribution in [2.45, 2.75) is 70.1 Å². The maximum Gasteiger partial charge on any atom is 0.317 e. The summed E-state index contributed by atoms with van der Waals surface area (Å²) in [7, 11) is 0. The maximum absolute atomic E-state index is 12.1. The number of hydrogen-bond acceptors (Lipinski definition) is 2. The van der Waals surface area contributed by atoms with Gasteiger partial charge in [0.2, 0.25) is 0 Å². The Labute approximate surface area is 103 Å². The molecule has 17 heavy (non-hydrogen) atoms. The largest absolute Gasteiger partial charge is 0.393 e. The molecule has 2 fully saturated rings. The summed E-state index contributed by atoms with van der Waals surface area (Å²) in [6.07, 6.45) is 7.17. The van der Waals surface area contributed by atoms with Crippen LogP contribution < -0.4 is 5.32 Å². The molecule has 0 spiro atoms. The number of likely N-dealkylation sites (tertiary alicyclic amines) is 1. The quantitative estimate of drug-likeness (QED) is 0.791. The Kier molecular flexibility index (Phi) is 4.26. The monoisotopic (exact) mass is 240 g/mol. The van der Waals surface area contributed by atoms with Crippen LogP contribution >= 0.6 is 0 Å². The van der Waals surface area contributed by atoms with E-state index in [1.807, 2.05) is 4.90 Å². The summed E-state index contributed by atoms with van der Waals surface area (Å²) in [6, 6.07) is 0.709. The van der Waals surface area contributed by atoms with Crippen molar-refractivity contribution in [3.63, 3.8) is 0 Å². The van der Waals surface area contributed by atoms with Crippen LogP contribution in [0.1, 0.15) is 51.9 Å². The molecular formula is C13H24N2O2. The molecule has 4 nitrogen and oxygen atoms in total. The molecule has 0 bridgehead atoms. The van der Waals surface area contributed by atoms with E-state index in [2.05, 4.69) is 5.32 Å². The highest BCUT2D eigenvalue weighted by atomic mass is 16.3. The van der Waals surface area contributed by atoms with Crippen molar-refractivity contribution < 1.29 is 9.90 Å². The first-order valence-corrected chi connectivity index (χ1v) is 6.92. The zero-order valence-corrected chi connectivity index (χ0v) is 10.7. The SMILES string of the molecule is CC(O)CC1CCCCN1C(=O)NC1CCC1. The van der Waals surface area contributed by atoms with Gasteiger partial charge in [0.25, 0.3) is 0 Å². The van der Waals surface area contributed by atoms with Crippen LogP contribution in [0.15, 0.2) is 0 Å². The fraction of sp³-hybridized carbons (Fsp3) is 0.923. The number of carbonyl (C=O) groups is 1. The molecule has 1 saturated carbocycles. The Bertz CT molecular complexity index is 264. The van der Waals surface area contributed by atoms with E-state index in [9.17, 15) is 9.90 Å². The van der Waals surface area contributed by atoms with E-state index in [4.69, 9.17) is 0 Å². The molecule has 2 amide bonds. The molecule has 1 saturated heterocycles. The van der Waals surface area contributed by atoms with Gasteiger partial charge in [0, 0.05) is 18.6 Å². The lowest BCUT2D eigenvalue weighted by Crippen LogP contribution is -2.53. The minimum atomic E-state index is -0.322. The van der Waals surface area contributed by atoms with Crippen molar-refractivity contribution in [1.82, 2.24) is 10.2 Å². The van der Waals surface area contributed by atoms with Crippen LogP contribution in [0.3, 0.4) is 0 Å². The van der Waals surface area contributed by atoms with E-state index in [1.165, 1.54) is 12.8 Å². The predicted octanol–water partition coefficient (Wildman–Crippen LogP) is 1.87. The Morgan fingerprint density at radius 3 is 2.71 bits per heavy atom. The molecule has 2 N–H and O–H groups in total. The Morgan fingerprint density at radius 1 is 1.35 bits per heavy atom. The van der Waals surface area contributed by atoms with Crippen molar-refractivity contribution in [1.29, 1.82) is 0 Å². The van der Waals surface area contributed by atoms with Crippen LogP contribution in [0.25, 0.3) is 0 Å². The number of aliphatic hydroxyl groups excluding tert-OH is 1. The molecular weight excluding hydrogens is 216 g/mol. The molecule has 2 aliphatic rings. The molecule has 1 aliphatic carbocycles. The minimum absolute atomic E-state index is 0.0834. The molecule has 2 rings (SSSR count). The fourth-order valence-electron chi connectivity index (χ4n) is 2.72. The predicted molar refractivity (Wildman–Crippen MR) is 66.8 cm³/mol. The second-order valence-corrected chi connectivity index (χ2v) is 5.51. The van der Waals surface area contributed by atoms with Crippen molar-refractivity contribution in [3.8, 4) is 0 Å². The lowest BCUT2D eigenvalue weighted by Gasteiger charge is -2.38. The molecule has 0 radical (unpaired) electrons. The average molecular weight is 240 g/mol. The first-order valence-electron chi connectivity index (χ1n) is 6.92. The van der Waals surface area contributed by atoms with Gasteiger partial charge in [-0.1, -0.05) is 0 Å². The molecule has 0 aromatic heterocycles. The summed E-state index contributed by atoms with van der Waals surface area (Å²) in [6.45, 7) is 2.65. The van der Waals surface area contributed by atoms with Crippen LogP contribution in [0.5, 0.6) is 0 Å². The zero-order valence-electron chi connectivity index (χ0n) is 10.7. The summed E-state index contributed by atoms with van der Waals surface area (Å²) >= 11 is 0. The number of rotatable bonds is 3. The number of nitrogens with one attached hydrogen (secondary N) is 1. The van der Waals surface area contributed by atoms with Crippen molar-refractivity contribution in [3.05, 3.63) is 0 Å². The van der Waals surface area contributed by atoms with Gasteiger partial charge in [-0.3, -0.25) is 0 Å². The highest BCUT2D eigenvalue weighted by Crippen LogP contribution is 2.23. The third-order valence-electron chi connectivity index (χ3n) is 3.93. The minimum Gasteiger partial charge on any atom is -0.393 e. The summed E-state index contributed by atoms with van der Waals surface area (Å²) in [5.41, 5.74) is 0. The number of urea groups is 1. The van der Waals surface area contributed by atoms with Gasteiger partial charge in [0.1, 0.15) is 0 Å². The van der Waals surface area contributed by atoms with Crippen LogP contribution in [-0.4, -0.2) is 40.8 Å². The second kappa shape index (κ2) is 5.71. The molecule has 98 valence electrons. The summed E-state index contributed by atoms with van der Waals surface area (Å²) < 4.78 is 0. The van der Waals surface area contributed by atoms with Crippen LogP contribution in [0.4, 0.5) is 4.79 Å². The number of amides is 2. The van der Waals surface area contributed by atoms with E-state index < -0.39 is 0 Å². The highest BCUT2D eigenvalue weighted by molar-refractivity contribution is 5.75. The normalized spacial score (nSPS) is 27.4. The molecule has 0 aromatic rings. The first kappa shape index (κ1) is 12.7. The number of aliphatic hydroxyl groups is 1. The van der Waals surface area contributed by atoms with Gasteiger partial charge < -0.3 is 15.3 Å². The molecule has 1 aliphatic heterocycles. The van der Waals surface area contributed by atoms with Crippen molar-refractivity contribution in [2.75, 3.05) is 6.54 Å². The summed E-state index contributed by atoms with van der Waals surface area (Å²) in [5.74, 6) is 0. The average Bonchev–Trinajstić information content (AvgIpc) is 2.23. The Morgan fingerprint density at radius 2 is 2.12 bits per heavy atom. The van der Waals surface area contributed by atoms with Gasteiger partial charge >= 0.3 is 6.03 Å². The van der Waals surface area contributed by atoms with Crippen LogP contribution in [0.2, 0.25) is 0 Å². The number of hydrogen-bond donors (Lipinski definition) is 2. The molecule has 4 heteroatoms. The van der Waals surface area contributed by atoms with Crippen LogP contribution in [-0.2, 0) is 0 Å². The second-order valence-electron chi connectivity index (χ2n) is 5.51. The molecule has 0 aromatic carbocycles. The summed E-state index contributed by atoms with van der Waals surface area (Å²) in [5, 5.41) is 12.6. The van der Waals surface area contributed by atoms with Gasteiger partial charge in [-0.15, -0.1) is 0 Å². The smallest absolute Gasteiger partial charge is 0.317 e. The lowest BCUT2D eigenvalue weighted by atomic mass is 9.93. The number of carbonyl (C=O) groups excluding carboxylic acids is 1. The van der Waals surface area contributed by atoms with Gasteiger partial charge in [-0.05, 0) is 51.9 Å². The van der Waals surface area contributed by atoms with Crippen LogP contribution in [0, 0.1) is 0 Å². The number of piperidine rings is 1. The van der Waals surface area contributed by atoms with Crippen molar-refractivity contribution >= 4 is 6.03 Å². The molecule has 1 heterocycles. The van der Waals surface area contributed by atoms with Gasteiger partial charge in [-0.2, -0.15) is 0 Å². The topological polar surface area (TPSA) is 52.6 Å². The van der Waals surface area contributed by atoms with Crippen molar-refractivity contribution in [2.24, 2.45) is 0 Å². The number of nitrogens with zero attached hydrogens (tertiary/aromatic N) is 1. The maximum atomic E-state index is 12.1. The van der Waals surface area contributed by atoms with E-state index in [0.29, 0.717) is 12.5 Å². The Hall–Kier alpha value is -0.770. The van der Waals surface area contributed by atoms with Gasteiger partial charge in [-0.25, -0.2) is 4.79 Å². The third kappa shape index (κ3) is 3.35. The first-order chi connectivity index (χ1) is 8.16. The highest BCUT2D eigenvalue weighted by Gasteiger charge is 2.29. The summed E-state index contributed by atoms with van der Waals surface area (Å²) in [4.78, 5) is 14.1. The Balaban J connectivity index is 1.87. The fourth-order valence-corrected chi connectivity index (χ4v) is 2.72.